The van der Waals surface area contributed by atoms with Gasteiger partial charge in [0.1, 0.15) is 5.75 Å². The highest BCUT2D eigenvalue weighted by molar-refractivity contribution is 8.01. The Hall–Kier alpha value is -2.01. The normalized spacial score (nSPS) is 11.2. The van der Waals surface area contributed by atoms with Crippen LogP contribution in [0.3, 0.4) is 0 Å². The molecule has 0 bridgehead atoms. The highest BCUT2D eigenvalue weighted by atomic mass is 32.2. The van der Waals surface area contributed by atoms with Crippen LogP contribution in [0.25, 0.3) is 0 Å². The summed E-state index contributed by atoms with van der Waals surface area (Å²) in [6.45, 7) is 2.40. The number of carbonyl (C=O) groups is 1. The maximum Gasteiger partial charge on any atom is 0.573 e. The predicted molar refractivity (Wildman–Crippen MR) is 85.7 cm³/mol. The number of ether oxygens (including phenoxy) is 1. The van der Waals surface area contributed by atoms with Gasteiger partial charge in [0.15, 0.2) is 4.34 Å². The van der Waals surface area contributed by atoms with Crippen LogP contribution in [0.1, 0.15) is 6.92 Å². The van der Waals surface area contributed by atoms with Crippen molar-refractivity contribution in [3.8, 4) is 5.75 Å². The van der Waals surface area contributed by atoms with Gasteiger partial charge in [-0.05, 0) is 31.2 Å². The Kier molecular flexibility index (Phi) is 6.26. The van der Waals surface area contributed by atoms with Gasteiger partial charge >= 0.3 is 6.36 Å². The van der Waals surface area contributed by atoms with Crippen molar-refractivity contribution in [2.45, 2.75) is 17.6 Å². The zero-order valence-corrected chi connectivity index (χ0v) is 14.0. The van der Waals surface area contributed by atoms with Gasteiger partial charge in [-0.2, -0.15) is 0 Å². The van der Waals surface area contributed by atoms with Crippen LogP contribution >= 0.6 is 23.1 Å². The molecule has 0 radical (unpaired) electrons. The topological polar surface area (TPSA) is 76.1 Å². The van der Waals surface area contributed by atoms with E-state index < -0.39 is 6.36 Å². The number of alkyl halides is 3. The van der Waals surface area contributed by atoms with E-state index >= 15 is 0 Å². The summed E-state index contributed by atoms with van der Waals surface area (Å²) >= 11 is 2.50. The summed E-state index contributed by atoms with van der Waals surface area (Å²) in [6.07, 6.45) is -4.72. The Bertz CT molecular complexity index is 677. The van der Waals surface area contributed by atoms with Gasteiger partial charge in [-0.25, -0.2) is 0 Å². The van der Waals surface area contributed by atoms with E-state index in [-0.39, 0.29) is 17.4 Å². The van der Waals surface area contributed by atoms with E-state index in [4.69, 9.17) is 0 Å². The molecule has 1 amide bonds. The lowest BCUT2D eigenvalue weighted by Gasteiger charge is -2.09. The monoisotopic (exact) mass is 378 g/mol. The molecule has 1 aromatic carbocycles. The Morgan fingerprint density at radius 3 is 2.62 bits per heavy atom. The van der Waals surface area contributed by atoms with Crippen molar-refractivity contribution >= 4 is 39.8 Å². The number of benzene rings is 1. The van der Waals surface area contributed by atoms with Gasteiger partial charge in [0, 0.05) is 12.2 Å². The largest absolute Gasteiger partial charge is 0.573 e. The molecule has 0 aliphatic carbocycles. The van der Waals surface area contributed by atoms with Crippen molar-refractivity contribution < 1.29 is 22.7 Å². The summed E-state index contributed by atoms with van der Waals surface area (Å²) in [4.78, 5) is 11.4. The fraction of sp³-hybridized carbons (Fsp3) is 0.308. The Morgan fingerprint density at radius 1 is 1.29 bits per heavy atom. The van der Waals surface area contributed by atoms with Crippen LogP contribution in [0.15, 0.2) is 28.6 Å². The van der Waals surface area contributed by atoms with Gasteiger partial charge in [0.05, 0.1) is 5.75 Å². The zero-order chi connectivity index (χ0) is 17.6. The van der Waals surface area contributed by atoms with Crippen LogP contribution in [0.2, 0.25) is 0 Å². The maximum absolute atomic E-state index is 12.1. The first-order valence-electron chi connectivity index (χ1n) is 6.71. The summed E-state index contributed by atoms with van der Waals surface area (Å²) in [5.74, 6) is -0.151. The summed E-state index contributed by atoms with van der Waals surface area (Å²) in [5, 5.41) is 13.9. The third-order valence-corrected chi connectivity index (χ3v) is 4.42. The highest BCUT2D eigenvalue weighted by Crippen LogP contribution is 2.29. The molecule has 24 heavy (non-hydrogen) atoms. The van der Waals surface area contributed by atoms with E-state index in [1.807, 2.05) is 6.92 Å². The number of hydrogen-bond donors (Lipinski definition) is 2. The molecule has 130 valence electrons. The molecular weight excluding hydrogens is 365 g/mol. The van der Waals surface area contributed by atoms with Gasteiger partial charge in [0.2, 0.25) is 11.0 Å². The number of halogens is 3. The lowest BCUT2D eigenvalue weighted by atomic mass is 10.3. The second-order valence-electron chi connectivity index (χ2n) is 4.31. The molecule has 6 nitrogen and oxygen atoms in total. The molecule has 11 heteroatoms. The number of amides is 1. The number of thioether (sulfide) groups is 1. The first-order chi connectivity index (χ1) is 11.4. The average Bonchev–Trinajstić information content (AvgIpc) is 2.94. The van der Waals surface area contributed by atoms with Crippen molar-refractivity contribution in [2.75, 3.05) is 17.6 Å². The lowest BCUT2D eigenvalue weighted by molar-refractivity contribution is -0.274. The molecule has 2 aromatic rings. The lowest BCUT2D eigenvalue weighted by Crippen LogP contribution is -2.24. The molecule has 0 unspecified atom stereocenters. The number of anilines is 2. The van der Waals surface area contributed by atoms with Crippen LogP contribution < -0.4 is 15.4 Å². The van der Waals surface area contributed by atoms with Gasteiger partial charge in [0.25, 0.3) is 0 Å². The van der Waals surface area contributed by atoms with Crippen molar-refractivity contribution in [1.82, 2.24) is 15.5 Å². The van der Waals surface area contributed by atoms with Crippen LogP contribution in [-0.2, 0) is 4.79 Å². The predicted octanol–water partition coefficient (Wildman–Crippen LogP) is 3.41. The minimum atomic E-state index is -4.72. The number of carbonyl (C=O) groups excluding carboxylic acids is 1. The van der Waals surface area contributed by atoms with Crippen LogP contribution in [0.4, 0.5) is 24.0 Å². The summed E-state index contributed by atoms with van der Waals surface area (Å²) in [5.41, 5.74) is 0.543. The summed E-state index contributed by atoms with van der Waals surface area (Å²) in [7, 11) is 0. The first kappa shape index (κ1) is 18.3. The highest BCUT2D eigenvalue weighted by Gasteiger charge is 2.30. The zero-order valence-electron chi connectivity index (χ0n) is 12.4. The van der Waals surface area contributed by atoms with E-state index in [0.29, 0.717) is 21.7 Å². The van der Waals surface area contributed by atoms with E-state index in [9.17, 15) is 18.0 Å². The first-order valence-corrected chi connectivity index (χ1v) is 8.52. The summed E-state index contributed by atoms with van der Waals surface area (Å²) in [6, 6.07) is 5.26. The van der Waals surface area contributed by atoms with Crippen molar-refractivity contribution in [3.05, 3.63) is 24.3 Å². The minimum Gasteiger partial charge on any atom is -0.406 e. The van der Waals surface area contributed by atoms with E-state index in [1.165, 1.54) is 47.4 Å². The van der Waals surface area contributed by atoms with E-state index in [2.05, 4.69) is 25.6 Å². The smallest absolute Gasteiger partial charge is 0.406 e. The molecule has 0 aliphatic heterocycles. The van der Waals surface area contributed by atoms with Crippen molar-refractivity contribution in [2.24, 2.45) is 0 Å². The molecule has 0 fully saturated rings. The maximum atomic E-state index is 12.1. The fourth-order valence-electron chi connectivity index (χ4n) is 1.56. The molecule has 2 N–H and O–H groups in total. The van der Waals surface area contributed by atoms with Gasteiger partial charge < -0.3 is 15.4 Å². The molecule has 1 aromatic heterocycles. The standard InChI is InChI=1S/C13H13F3N4O2S2/c1-2-17-10(21)7-23-12-20-19-11(24-12)18-8-3-5-9(6-4-8)22-13(14,15)16/h3-6H,2,7H2,1H3,(H,17,21)(H,18,19). The number of aromatic nitrogens is 2. The van der Waals surface area contributed by atoms with Crippen LogP contribution in [-0.4, -0.2) is 34.8 Å². The Morgan fingerprint density at radius 2 is 2.00 bits per heavy atom. The molecular formula is C13H13F3N4O2S2. The molecule has 2 rings (SSSR count). The van der Waals surface area contributed by atoms with Crippen molar-refractivity contribution in [3.63, 3.8) is 0 Å². The molecule has 0 aliphatic rings. The number of nitrogens with zero attached hydrogens (tertiary/aromatic N) is 2. The quantitative estimate of drug-likeness (QED) is 0.719. The SMILES string of the molecule is CCNC(=O)CSc1nnc(Nc2ccc(OC(F)(F)F)cc2)s1. The fourth-order valence-corrected chi connectivity index (χ4v) is 3.16. The van der Waals surface area contributed by atoms with Crippen LogP contribution in [0.5, 0.6) is 5.75 Å². The molecule has 0 saturated heterocycles. The van der Waals surface area contributed by atoms with E-state index in [0.717, 1.165) is 0 Å². The third-order valence-electron chi connectivity index (χ3n) is 2.45. The van der Waals surface area contributed by atoms with Gasteiger partial charge in [-0.1, -0.05) is 23.1 Å². The minimum absolute atomic E-state index is 0.0903. The summed E-state index contributed by atoms with van der Waals surface area (Å²) < 4.78 is 40.7. The van der Waals surface area contributed by atoms with E-state index in [1.54, 1.807) is 0 Å². The second kappa shape index (κ2) is 8.20. The molecule has 0 saturated carbocycles. The second-order valence-corrected chi connectivity index (χ2v) is 6.51. The number of hydrogen-bond acceptors (Lipinski definition) is 7. The molecule has 0 atom stereocenters. The van der Waals surface area contributed by atoms with Gasteiger partial charge in [-0.15, -0.1) is 23.4 Å². The Labute approximate surface area is 143 Å². The molecule has 1 heterocycles. The third kappa shape index (κ3) is 6.24. The molecule has 0 spiro atoms. The Balaban J connectivity index is 1.89. The van der Waals surface area contributed by atoms with Crippen LogP contribution in [0, 0.1) is 0 Å². The van der Waals surface area contributed by atoms with Crippen molar-refractivity contribution in [1.29, 1.82) is 0 Å². The van der Waals surface area contributed by atoms with Gasteiger partial charge in [-0.3, -0.25) is 4.79 Å². The number of nitrogens with one attached hydrogen (secondary N) is 2. The number of rotatable bonds is 7. The average molecular weight is 378 g/mol.